The van der Waals surface area contributed by atoms with Gasteiger partial charge in [0.05, 0.1) is 12.4 Å². The normalized spacial score (nSPS) is 15.4. The summed E-state index contributed by atoms with van der Waals surface area (Å²) in [6, 6.07) is 5.66. The average molecular weight is 233 g/mol. The Morgan fingerprint density at radius 1 is 1.57 bits per heavy atom. The summed E-state index contributed by atoms with van der Waals surface area (Å²) in [5.41, 5.74) is 1.01. The number of rotatable bonds is 2. The van der Waals surface area contributed by atoms with E-state index in [9.17, 15) is 4.39 Å². The second-order valence-electron chi connectivity index (χ2n) is 2.97. The Hall–Kier alpha value is -0.450. The van der Waals surface area contributed by atoms with Crippen LogP contribution in [0.2, 0.25) is 5.02 Å². The molecule has 2 nitrogen and oxygen atoms in total. The van der Waals surface area contributed by atoms with Gasteiger partial charge in [0.15, 0.2) is 0 Å². The molecule has 1 aliphatic rings. The quantitative estimate of drug-likeness (QED) is 0.790. The van der Waals surface area contributed by atoms with Gasteiger partial charge in [-0.15, -0.1) is 0 Å². The molecule has 0 saturated heterocycles. The Morgan fingerprint density at radius 2 is 2.43 bits per heavy atom. The SMILES string of the molecule is FCCN1CNSc2ccc(Cl)cc21. The van der Waals surface area contributed by atoms with E-state index in [4.69, 9.17) is 11.6 Å². The van der Waals surface area contributed by atoms with Gasteiger partial charge in [0.1, 0.15) is 6.67 Å². The van der Waals surface area contributed by atoms with Crippen LogP contribution in [0.4, 0.5) is 10.1 Å². The number of nitrogens with one attached hydrogen (secondary N) is 1. The van der Waals surface area contributed by atoms with Crippen LogP contribution in [0.3, 0.4) is 0 Å². The van der Waals surface area contributed by atoms with Crippen LogP contribution in [-0.2, 0) is 0 Å². The number of halogens is 2. The molecule has 0 radical (unpaired) electrons. The molecule has 14 heavy (non-hydrogen) atoms. The van der Waals surface area contributed by atoms with Crippen LogP contribution in [0.5, 0.6) is 0 Å². The van der Waals surface area contributed by atoms with Crippen molar-refractivity contribution in [3.05, 3.63) is 23.2 Å². The lowest BCUT2D eigenvalue weighted by molar-refractivity contribution is 0.488. The molecule has 1 aromatic rings. The van der Waals surface area contributed by atoms with Crippen LogP contribution in [0.25, 0.3) is 0 Å². The maximum atomic E-state index is 12.3. The fourth-order valence-electron chi connectivity index (χ4n) is 1.40. The first-order valence-corrected chi connectivity index (χ1v) is 5.51. The number of anilines is 1. The molecule has 1 heterocycles. The number of benzene rings is 1. The third-order valence-corrected chi connectivity index (χ3v) is 3.13. The predicted molar refractivity (Wildman–Crippen MR) is 58.6 cm³/mol. The second kappa shape index (κ2) is 4.38. The maximum absolute atomic E-state index is 12.3. The van der Waals surface area contributed by atoms with Crippen molar-refractivity contribution in [1.29, 1.82) is 0 Å². The topological polar surface area (TPSA) is 15.3 Å². The van der Waals surface area contributed by atoms with Gasteiger partial charge in [-0.05, 0) is 30.1 Å². The van der Waals surface area contributed by atoms with Crippen LogP contribution in [-0.4, -0.2) is 19.9 Å². The molecule has 0 amide bonds. The van der Waals surface area contributed by atoms with E-state index in [0.717, 1.165) is 10.6 Å². The molecule has 0 atom stereocenters. The summed E-state index contributed by atoms with van der Waals surface area (Å²) in [6.45, 7) is 0.709. The van der Waals surface area contributed by atoms with Gasteiger partial charge in [0.25, 0.3) is 0 Å². The van der Waals surface area contributed by atoms with E-state index in [-0.39, 0.29) is 6.67 Å². The molecule has 1 aromatic carbocycles. The first-order valence-electron chi connectivity index (χ1n) is 4.31. The molecule has 0 unspecified atom stereocenters. The molecular formula is C9H10ClFN2S. The van der Waals surface area contributed by atoms with Crippen molar-refractivity contribution in [3.63, 3.8) is 0 Å². The van der Waals surface area contributed by atoms with Gasteiger partial charge in [0, 0.05) is 16.5 Å². The fourth-order valence-corrected chi connectivity index (χ4v) is 2.37. The summed E-state index contributed by atoms with van der Waals surface area (Å²) in [7, 11) is 0. The van der Waals surface area contributed by atoms with E-state index in [1.54, 1.807) is 11.9 Å². The van der Waals surface area contributed by atoms with Crippen LogP contribution < -0.4 is 9.62 Å². The highest BCUT2D eigenvalue weighted by Crippen LogP contribution is 2.33. The Morgan fingerprint density at radius 3 is 3.21 bits per heavy atom. The van der Waals surface area contributed by atoms with Crippen molar-refractivity contribution in [2.24, 2.45) is 0 Å². The first kappa shape index (κ1) is 10.1. The van der Waals surface area contributed by atoms with Crippen LogP contribution in [0, 0.1) is 0 Å². The minimum atomic E-state index is -0.349. The van der Waals surface area contributed by atoms with Gasteiger partial charge in [0.2, 0.25) is 0 Å². The minimum absolute atomic E-state index is 0.349. The Balaban J connectivity index is 2.32. The number of alkyl halides is 1. The number of nitrogens with zero attached hydrogens (tertiary/aromatic N) is 1. The first-order chi connectivity index (χ1) is 6.81. The van der Waals surface area contributed by atoms with Gasteiger partial charge < -0.3 is 4.90 Å². The number of fused-ring (bicyclic) bond motifs is 1. The molecule has 0 fully saturated rings. The third kappa shape index (κ3) is 1.97. The molecule has 0 spiro atoms. The molecular weight excluding hydrogens is 223 g/mol. The standard InChI is InChI=1S/C9H10ClFN2S/c10-7-1-2-9-8(5-7)13(4-3-11)6-12-14-9/h1-2,5,12H,3-4,6H2. The van der Waals surface area contributed by atoms with E-state index < -0.39 is 0 Å². The Kier molecular flexibility index (Phi) is 3.15. The van der Waals surface area contributed by atoms with Gasteiger partial charge >= 0.3 is 0 Å². The second-order valence-corrected chi connectivity index (χ2v) is 4.34. The van der Waals surface area contributed by atoms with Crippen LogP contribution >= 0.6 is 23.5 Å². The zero-order chi connectivity index (χ0) is 9.97. The summed E-state index contributed by atoms with van der Waals surface area (Å²) < 4.78 is 15.4. The van der Waals surface area contributed by atoms with E-state index in [2.05, 4.69) is 4.72 Å². The highest BCUT2D eigenvalue weighted by atomic mass is 35.5. The van der Waals surface area contributed by atoms with Gasteiger partial charge in [-0.1, -0.05) is 11.6 Å². The van der Waals surface area contributed by atoms with E-state index in [0.29, 0.717) is 18.2 Å². The molecule has 0 aromatic heterocycles. The predicted octanol–water partition coefficient (Wildman–Crippen LogP) is 2.68. The fraction of sp³-hybridized carbons (Fsp3) is 0.333. The molecule has 2 rings (SSSR count). The van der Waals surface area contributed by atoms with Crippen molar-refractivity contribution < 1.29 is 4.39 Å². The van der Waals surface area contributed by atoms with Gasteiger partial charge in [-0.3, -0.25) is 0 Å². The Bertz CT molecular complexity index is 335. The summed E-state index contributed by atoms with van der Waals surface area (Å²) in [6.07, 6.45) is 0. The van der Waals surface area contributed by atoms with Gasteiger partial charge in [-0.2, -0.15) is 0 Å². The summed E-state index contributed by atoms with van der Waals surface area (Å²) in [4.78, 5) is 3.03. The van der Waals surface area contributed by atoms with Crippen molar-refractivity contribution in [3.8, 4) is 0 Å². The smallest absolute Gasteiger partial charge is 0.107 e. The van der Waals surface area contributed by atoms with E-state index in [1.165, 1.54) is 0 Å². The number of hydrogen-bond donors (Lipinski definition) is 1. The summed E-state index contributed by atoms with van der Waals surface area (Å²) >= 11 is 7.45. The lowest BCUT2D eigenvalue weighted by atomic mass is 10.3. The zero-order valence-electron chi connectivity index (χ0n) is 7.46. The molecule has 0 aliphatic carbocycles. The minimum Gasteiger partial charge on any atom is -0.354 e. The monoisotopic (exact) mass is 232 g/mol. The molecule has 0 saturated carbocycles. The van der Waals surface area contributed by atoms with Crippen LogP contribution in [0.1, 0.15) is 0 Å². The average Bonchev–Trinajstić information content (AvgIpc) is 2.19. The molecule has 0 bridgehead atoms. The molecule has 1 N–H and O–H groups in total. The van der Waals surface area contributed by atoms with Crippen molar-refractivity contribution in [2.75, 3.05) is 24.8 Å². The van der Waals surface area contributed by atoms with Gasteiger partial charge in [-0.25, -0.2) is 9.11 Å². The zero-order valence-corrected chi connectivity index (χ0v) is 9.04. The Labute approximate surface area is 91.6 Å². The molecule has 1 aliphatic heterocycles. The molecule has 5 heteroatoms. The largest absolute Gasteiger partial charge is 0.354 e. The van der Waals surface area contributed by atoms with Crippen molar-refractivity contribution >= 4 is 29.2 Å². The highest BCUT2D eigenvalue weighted by molar-refractivity contribution is 7.97. The number of hydrogen-bond acceptors (Lipinski definition) is 3. The maximum Gasteiger partial charge on any atom is 0.107 e. The summed E-state index contributed by atoms with van der Waals surface area (Å²) in [5.74, 6) is 0. The lowest BCUT2D eigenvalue weighted by Crippen LogP contribution is -2.36. The van der Waals surface area contributed by atoms with Crippen LogP contribution in [0.15, 0.2) is 23.1 Å². The molecule has 76 valence electrons. The summed E-state index contributed by atoms with van der Waals surface area (Å²) in [5, 5.41) is 0.690. The highest BCUT2D eigenvalue weighted by Gasteiger charge is 2.16. The lowest BCUT2D eigenvalue weighted by Gasteiger charge is -2.30. The van der Waals surface area contributed by atoms with Crippen molar-refractivity contribution in [1.82, 2.24) is 4.72 Å². The van der Waals surface area contributed by atoms with E-state index >= 15 is 0 Å². The van der Waals surface area contributed by atoms with E-state index in [1.807, 2.05) is 23.1 Å². The third-order valence-electron chi connectivity index (χ3n) is 2.05. The van der Waals surface area contributed by atoms with Crippen molar-refractivity contribution in [2.45, 2.75) is 4.90 Å².